The molecule has 0 aliphatic carbocycles. The standard InChI is InChI=1S/C14H8N6/c1-2-4-10-9(3-1)7-11(20-19-10)12-13-14(18-8-17-12)16-6-5-15-13/h1-8H. The van der Waals surface area contributed by atoms with Crippen molar-refractivity contribution in [1.29, 1.82) is 0 Å². The molecule has 0 N–H and O–H groups in total. The maximum Gasteiger partial charge on any atom is 0.181 e. The molecule has 0 aliphatic heterocycles. The highest BCUT2D eigenvalue weighted by atomic mass is 15.1. The molecule has 3 heterocycles. The summed E-state index contributed by atoms with van der Waals surface area (Å²) < 4.78 is 0. The van der Waals surface area contributed by atoms with E-state index in [2.05, 4.69) is 30.1 Å². The Kier molecular flexibility index (Phi) is 2.32. The highest BCUT2D eigenvalue weighted by molar-refractivity contribution is 5.88. The Morgan fingerprint density at radius 3 is 2.70 bits per heavy atom. The number of hydrogen-bond donors (Lipinski definition) is 0. The molecule has 6 nitrogen and oxygen atoms in total. The Morgan fingerprint density at radius 1 is 0.800 bits per heavy atom. The van der Waals surface area contributed by atoms with Gasteiger partial charge in [-0.25, -0.2) is 19.9 Å². The molecule has 0 bridgehead atoms. The number of rotatable bonds is 1. The predicted octanol–water partition coefficient (Wildman–Crippen LogP) is 2.03. The van der Waals surface area contributed by atoms with Gasteiger partial charge in [-0.1, -0.05) is 18.2 Å². The topological polar surface area (TPSA) is 77.3 Å². The second kappa shape index (κ2) is 4.27. The summed E-state index contributed by atoms with van der Waals surface area (Å²) in [6.45, 7) is 0. The van der Waals surface area contributed by atoms with Gasteiger partial charge in [-0.3, -0.25) is 0 Å². The third kappa shape index (κ3) is 1.66. The molecule has 0 saturated heterocycles. The van der Waals surface area contributed by atoms with Gasteiger partial charge in [-0.2, -0.15) is 0 Å². The van der Waals surface area contributed by atoms with Gasteiger partial charge in [0.05, 0.1) is 5.52 Å². The third-order valence-electron chi connectivity index (χ3n) is 3.01. The molecule has 4 rings (SSSR count). The van der Waals surface area contributed by atoms with Crippen LogP contribution in [0.1, 0.15) is 0 Å². The minimum Gasteiger partial charge on any atom is -0.249 e. The third-order valence-corrected chi connectivity index (χ3v) is 3.01. The van der Waals surface area contributed by atoms with Crippen molar-refractivity contribution >= 4 is 22.1 Å². The summed E-state index contributed by atoms with van der Waals surface area (Å²) in [5.74, 6) is 0. The van der Waals surface area contributed by atoms with Crippen LogP contribution in [0.5, 0.6) is 0 Å². The average molecular weight is 260 g/mol. The fourth-order valence-electron chi connectivity index (χ4n) is 2.08. The number of nitrogens with zero attached hydrogens (tertiary/aromatic N) is 6. The minimum absolute atomic E-state index is 0.549. The van der Waals surface area contributed by atoms with Crippen molar-refractivity contribution in [2.75, 3.05) is 0 Å². The van der Waals surface area contributed by atoms with Gasteiger partial charge >= 0.3 is 0 Å². The van der Waals surface area contributed by atoms with Gasteiger partial charge in [0.2, 0.25) is 0 Å². The molecule has 20 heavy (non-hydrogen) atoms. The Bertz CT molecular complexity index is 916. The molecule has 6 heteroatoms. The first-order chi connectivity index (χ1) is 9.92. The van der Waals surface area contributed by atoms with Crippen LogP contribution in [0.3, 0.4) is 0 Å². The number of fused-ring (bicyclic) bond motifs is 2. The molecule has 0 atom stereocenters. The van der Waals surface area contributed by atoms with Gasteiger partial charge in [0.1, 0.15) is 23.2 Å². The van der Waals surface area contributed by atoms with E-state index >= 15 is 0 Å². The fourth-order valence-corrected chi connectivity index (χ4v) is 2.08. The summed E-state index contributed by atoms with van der Waals surface area (Å²) in [5, 5.41) is 9.43. The summed E-state index contributed by atoms with van der Waals surface area (Å²) in [4.78, 5) is 16.8. The van der Waals surface area contributed by atoms with Crippen LogP contribution in [0.2, 0.25) is 0 Å². The van der Waals surface area contributed by atoms with E-state index in [1.807, 2.05) is 30.3 Å². The zero-order valence-electron chi connectivity index (χ0n) is 10.3. The summed E-state index contributed by atoms with van der Waals surface area (Å²) in [5.41, 5.74) is 3.32. The molecular formula is C14H8N6. The number of hydrogen-bond acceptors (Lipinski definition) is 6. The zero-order valence-corrected chi connectivity index (χ0v) is 10.3. The largest absolute Gasteiger partial charge is 0.249 e. The second-order valence-electron chi connectivity index (χ2n) is 4.24. The second-order valence-corrected chi connectivity index (χ2v) is 4.24. The first kappa shape index (κ1) is 10.9. The summed E-state index contributed by atoms with van der Waals surface area (Å²) >= 11 is 0. The van der Waals surface area contributed by atoms with Crippen molar-refractivity contribution in [3.63, 3.8) is 0 Å². The van der Waals surface area contributed by atoms with Crippen LogP contribution < -0.4 is 0 Å². The first-order valence-electron chi connectivity index (χ1n) is 6.06. The van der Waals surface area contributed by atoms with E-state index in [4.69, 9.17) is 0 Å². The van der Waals surface area contributed by atoms with Crippen LogP contribution >= 0.6 is 0 Å². The van der Waals surface area contributed by atoms with E-state index < -0.39 is 0 Å². The van der Waals surface area contributed by atoms with Crippen molar-refractivity contribution < 1.29 is 0 Å². The average Bonchev–Trinajstić information content (AvgIpc) is 2.54. The van der Waals surface area contributed by atoms with Crippen molar-refractivity contribution in [3.8, 4) is 11.4 Å². The lowest BCUT2D eigenvalue weighted by molar-refractivity contribution is 1.06. The lowest BCUT2D eigenvalue weighted by Gasteiger charge is -2.03. The van der Waals surface area contributed by atoms with Gasteiger partial charge in [-0.15, -0.1) is 10.2 Å². The highest BCUT2D eigenvalue weighted by Crippen LogP contribution is 2.22. The maximum atomic E-state index is 4.28. The van der Waals surface area contributed by atoms with E-state index in [1.165, 1.54) is 6.33 Å². The molecular weight excluding hydrogens is 252 g/mol. The van der Waals surface area contributed by atoms with E-state index in [1.54, 1.807) is 12.4 Å². The Labute approximate surface area is 113 Å². The van der Waals surface area contributed by atoms with Crippen molar-refractivity contribution in [2.24, 2.45) is 0 Å². The molecule has 4 aromatic rings. The minimum atomic E-state index is 0.549. The first-order valence-corrected chi connectivity index (χ1v) is 6.06. The van der Waals surface area contributed by atoms with Gasteiger partial charge in [0.25, 0.3) is 0 Å². The molecule has 0 unspecified atom stereocenters. The SMILES string of the molecule is c1ccc2nnc(-c3ncnc4nccnc34)cc2c1. The molecule has 0 aliphatic rings. The molecule has 0 spiro atoms. The van der Waals surface area contributed by atoms with Gasteiger partial charge in [-0.05, 0) is 12.1 Å². The molecule has 0 fully saturated rings. The summed E-state index contributed by atoms with van der Waals surface area (Å²) in [7, 11) is 0. The lowest BCUT2D eigenvalue weighted by atomic mass is 10.2. The molecule has 94 valence electrons. The summed E-state index contributed by atoms with van der Waals surface area (Å²) in [6, 6.07) is 9.75. The Balaban J connectivity index is 2.01. The summed E-state index contributed by atoms with van der Waals surface area (Å²) in [6.07, 6.45) is 4.68. The normalized spacial score (nSPS) is 11.0. The predicted molar refractivity (Wildman–Crippen MR) is 73.7 cm³/mol. The monoisotopic (exact) mass is 260 g/mol. The van der Waals surface area contributed by atoms with Gasteiger partial charge < -0.3 is 0 Å². The van der Waals surface area contributed by atoms with Crippen molar-refractivity contribution in [2.45, 2.75) is 0 Å². The molecule has 1 aromatic carbocycles. The zero-order chi connectivity index (χ0) is 13.4. The van der Waals surface area contributed by atoms with Crippen molar-refractivity contribution in [3.05, 3.63) is 49.1 Å². The van der Waals surface area contributed by atoms with E-state index in [-0.39, 0.29) is 0 Å². The van der Waals surface area contributed by atoms with Crippen molar-refractivity contribution in [1.82, 2.24) is 30.1 Å². The molecule has 0 radical (unpaired) electrons. The fraction of sp³-hybridized carbons (Fsp3) is 0. The van der Waals surface area contributed by atoms with E-state index in [9.17, 15) is 0 Å². The smallest absolute Gasteiger partial charge is 0.181 e. The van der Waals surface area contributed by atoms with Crippen LogP contribution in [0.15, 0.2) is 49.1 Å². The van der Waals surface area contributed by atoms with Crippen LogP contribution in [-0.2, 0) is 0 Å². The maximum absolute atomic E-state index is 4.28. The van der Waals surface area contributed by atoms with Crippen LogP contribution in [-0.4, -0.2) is 30.1 Å². The molecule has 3 aromatic heterocycles. The quantitative estimate of drug-likeness (QED) is 0.521. The molecule has 0 saturated carbocycles. The molecule has 0 amide bonds. The highest BCUT2D eigenvalue weighted by Gasteiger charge is 2.10. The van der Waals surface area contributed by atoms with E-state index in [0.717, 1.165) is 10.9 Å². The van der Waals surface area contributed by atoms with Crippen LogP contribution in [0.4, 0.5) is 0 Å². The van der Waals surface area contributed by atoms with Gasteiger partial charge in [0.15, 0.2) is 5.65 Å². The van der Waals surface area contributed by atoms with Gasteiger partial charge in [0, 0.05) is 17.8 Å². The Hall–Kier alpha value is -3.02. The Morgan fingerprint density at radius 2 is 1.70 bits per heavy atom. The van der Waals surface area contributed by atoms with Crippen LogP contribution in [0, 0.1) is 0 Å². The number of benzene rings is 1. The number of aromatic nitrogens is 6. The van der Waals surface area contributed by atoms with Crippen LogP contribution in [0.25, 0.3) is 33.5 Å². The lowest BCUT2D eigenvalue weighted by Crippen LogP contribution is -1.96. The van der Waals surface area contributed by atoms with E-state index in [0.29, 0.717) is 22.6 Å².